The molecule has 7 nitrogen and oxygen atoms in total. The summed E-state index contributed by atoms with van der Waals surface area (Å²) in [7, 11) is -2.41. The molecule has 2 aromatic carbocycles. The highest BCUT2D eigenvalue weighted by Gasteiger charge is 2.31. The van der Waals surface area contributed by atoms with Gasteiger partial charge in [-0.25, -0.2) is 18.1 Å². The SMILES string of the molecule is COc1cc(C(=O)NS(C)(=O)=O)ccc1-c1cnc(Oc2cc(Cl)cc(C(F)(F)F)c2)c(Cl)c1. The molecule has 34 heavy (non-hydrogen) atoms. The number of alkyl halides is 3. The molecule has 0 aliphatic carbocycles. The Bertz CT molecular complexity index is 1370. The van der Waals surface area contributed by atoms with Crippen LogP contribution in [-0.2, 0) is 16.2 Å². The first-order valence-electron chi connectivity index (χ1n) is 9.18. The zero-order valence-electron chi connectivity index (χ0n) is 17.4. The van der Waals surface area contributed by atoms with Crippen LogP contribution in [0.3, 0.4) is 0 Å². The summed E-state index contributed by atoms with van der Waals surface area (Å²) in [4.78, 5) is 16.1. The third-order valence-electron chi connectivity index (χ3n) is 4.27. The molecule has 0 atom stereocenters. The molecule has 180 valence electrons. The molecule has 1 aromatic heterocycles. The second-order valence-electron chi connectivity index (χ2n) is 6.90. The van der Waals surface area contributed by atoms with Crippen LogP contribution >= 0.6 is 23.2 Å². The quantitative estimate of drug-likeness (QED) is 0.444. The number of ether oxygens (including phenoxy) is 2. The van der Waals surface area contributed by atoms with Crippen LogP contribution in [0, 0.1) is 0 Å². The van der Waals surface area contributed by atoms with Crippen LogP contribution in [0.1, 0.15) is 15.9 Å². The largest absolute Gasteiger partial charge is 0.496 e. The van der Waals surface area contributed by atoms with Crippen molar-refractivity contribution in [2.75, 3.05) is 13.4 Å². The van der Waals surface area contributed by atoms with Crippen molar-refractivity contribution in [1.29, 1.82) is 0 Å². The lowest BCUT2D eigenvalue weighted by Gasteiger charge is -2.13. The summed E-state index contributed by atoms with van der Waals surface area (Å²) in [6.45, 7) is 0. The fraction of sp³-hybridized carbons (Fsp3) is 0.143. The van der Waals surface area contributed by atoms with Crippen LogP contribution in [0.4, 0.5) is 13.2 Å². The number of sulfonamides is 1. The molecule has 3 aromatic rings. The van der Waals surface area contributed by atoms with Crippen molar-refractivity contribution < 1.29 is 35.9 Å². The Labute approximate surface area is 202 Å². The van der Waals surface area contributed by atoms with E-state index < -0.39 is 27.7 Å². The summed E-state index contributed by atoms with van der Waals surface area (Å²) in [5.41, 5.74) is -0.0632. The highest BCUT2D eigenvalue weighted by atomic mass is 35.5. The summed E-state index contributed by atoms with van der Waals surface area (Å²) >= 11 is 12.0. The van der Waals surface area contributed by atoms with E-state index in [4.69, 9.17) is 32.7 Å². The van der Waals surface area contributed by atoms with Crippen molar-refractivity contribution >= 4 is 39.1 Å². The lowest BCUT2D eigenvalue weighted by molar-refractivity contribution is -0.137. The summed E-state index contributed by atoms with van der Waals surface area (Å²) in [6.07, 6.45) is -2.43. The zero-order valence-corrected chi connectivity index (χ0v) is 19.7. The number of hydrogen-bond donors (Lipinski definition) is 1. The van der Waals surface area contributed by atoms with E-state index in [1.807, 2.05) is 4.72 Å². The zero-order chi connectivity index (χ0) is 25.3. The van der Waals surface area contributed by atoms with Gasteiger partial charge in [0.15, 0.2) is 0 Å². The summed E-state index contributed by atoms with van der Waals surface area (Å²) in [5.74, 6) is -0.992. The van der Waals surface area contributed by atoms with Gasteiger partial charge in [-0.3, -0.25) is 4.79 Å². The number of methoxy groups -OCH3 is 1. The number of carbonyl (C=O) groups excluding carboxylic acids is 1. The van der Waals surface area contributed by atoms with Gasteiger partial charge < -0.3 is 9.47 Å². The molecule has 0 saturated heterocycles. The van der Waals surface area contributed by atoms with Gasteiger partial charge in [0.25, 0.3) is 5.91 Å². The molecular weight excluding hydrogens is 520 g/mol. The maximum Gasteiger partial charge on any atom is 0.416 e. The average molecular weight is 535 g/mol. The topological polar surface area (TPSA) is 94.6 Å². The van der Waals surface area contributed by atoms with Gasteiger partial charge in [-0.15, -0.1) is 0 Å². The molecule has 3 rings (SSSR count). The van der Waals surface area contributed by atoms with E-state index in [2.05, 4.69) is 4.98 Å². The molecule has 13 heteroatoms. The molecule has 0 unspecified atom stereocenters. The van der Waals surface area contributed by atoms with E-state index in [1.165, 1.54) is 43.6 Å². The number of carbonyl (C=O) groups is 1. The van der Waals surface area contributed by atoms with Gasteiger partial charge in [-0.1, -0.05) is 23.2 Å². The number of pyridine rings is 1. The predicted molar refractivity (Wildman–Crippen MR) is 120 cm³/mol. The van der Waals surface area contributed by atoms with E-state index in [0.717, 1.165) is 18.4 Å². The second kappa shape index (κ2) is 9.69. The molecule has 0 radical (unpaired) electrons. The smallest absolute Gasteiger partial charge is 0.416 e. The number of halogens is 5. The molecule has 0 spiro atoms. The monoisotopic (exact) mass is 534 g/mol. The molecule has 1 amide bonds. The Morgan fingerprint density at radius 1 is 1.09 bits per heavy atom. The normalized spacial score (nSPS) is 11.7. The molecule has 0 aliphatic rings. The van der Waals surface area contributed by atoms with Gasteiger partial charge in [0.05, 0.1) is 18.9 Å². The Balaban J connectivity index is 1.91. The fourth-order valence-electron chi connectivity index (χ4n) is 2.84. The van der Waals surface area contributed by atoms with Gasteiger partial charge in [0.2, 0.25) is 15.9 Å². The van der Waals surface area contributed by atoms with Crippen molar-refractivity contribution in [2.45, 2.75) is 6.18 Å². The Hall–Kier alpha value is -3.02. The number of benzene rings is 2. The van der Waals surface area contributed by atoms with Crippen LogP contribution in [0.25, 0.3) is 11.1 Å². The van der Waals surface area contributed by atoms with Crippen LogP contribution < -0.4 is 14.2 Å². The summed E-state index contributed by atoms with van der Waals surface area (Å²) in [5, 5.41) is -0.200. The summed E-state index contributed by atoms with van der Waals surface area (Å²) in [6, 6.07) is 8.36. The minimum Gasteiger partial charge on any atom is -0.496 e. The predicted octanol–water partition coefficient (Wildman–Crippen LogP) is 5.56. The van der Waals surface area contributed by atoms with Crippen molar-refractivity contribution in [3.05, 3.63) is 69.8 Å². The number of hydrogen-bond acceptors (Lipinski definition) is 6. The maximum absolute atomic E-state index is 13.0. The summed E-state index contributed by atoms with van der Waals surface area (Å²) < 4.78 is 74.2. The van der Waals surface area contributed by atoms with Crippen LogP contribution in [0.2, 0.25) is 10.0 Å². The lowest BCUT2D eigenvalue weighted by Crippen LogP contribution is -2.29. The Kier molecular flexibility index (Phi) is 7.29. The molecule has 0 bridgehead atoms. The van der Waals surface area contributed by atoms with Crippen LogP contribution in [0.15, 0.2) is 48.7 Å². The van der Waals surface area contributed by atoms with Gasteiger partial charge in [0, 0.05) is 27.9 Å². The van der Waals surface area contributed by atoms with Gasteiger partial charge >= 0.3 is 6.18 Å². The van der Waals surface area contributed by atoms with E-state index in [-0.39, 0.29) is 33.0 Å². The third kappa shape index (κ3) is 6.31. The third-order valence-corrected chi connectivity index (χ3v) is 5.32. The van der Waals surface area contributed by atoms with Crippen LogP contribution in [-0.4, -0.2) is 32.7 Å². The van der Waals surface area contributed by atoms with E-state index >= 15 is 0 Å². The van der Waals surface area contributed by atoms with Crippen molar-refractivity contribution in [2.24, 2.45) is 0 Å². The highest BCUT2D eigenvalue weighted by Crippen LogP contribution is 2.38. The molecule has 1 N–H and O–H groups in total. The maximum atomic E-state index is 13.0. The van der Waals surface area contributed by atoms with Crippen molar-refractivity contribution in [3.8, 4) is 28.5 Å². The van der Waals surface area contributed by atoms with Gasteiger partial charge in [-0.05, 0) is 42.5 Å². The second-order valence-corrected chi connectivity index (χ2v) is 9.50. The minimum absolute atomic E-state index is 0.0213. The van der Waals surface area contributed by atoms with Crippen LogP contribution in [0.5, 0.6) is 17.4 Å². The first-order chi connectivity index (χ1) is 15.8. The average Bonchev–Trinajstić information content (AvgIpc) is 2.72. The first-order valence-corrected chi connectivity index (χ1v) is 11.8. The Morgan fingerprint density at radius 3 is 2.38 bits per heavy atom. The van der Waals surface area contributed by atoms with E-state index in [1.54, 1.807) is 0 Å². The molecule has 0 aliphatic heterocycles. The van der Waals surface area contributed by atoms with Gasteiger partial charge in [0.1, 0.15) is 16.5 Å². The highest BCUT2D eigenvalue weighted by molar-refractivity contribution is 7.89. The molecular formula is C21H15Cl2F3N2O5S. The number of nitrogens with one attached hydrogen (secondary N) is 1. The van der Waals surface area contributed by atoms with E-state index in [9.17, 15) is 26.4 Å². The molecule has 0 saturated carbocycles. The first kappa shape index (κ1) is 25.6. The number of amides is 1. The number of nitrogens with zero attached hydrogens (tertiary/aromatic N) is 1. The lowest BCUT2D eigenvalue weighted by atomic mass is 10.0. The molecule has 0 fully saturated rings. The van der Waals surface area contributed by atoms with Crippen molar-refractivity contribution in [3.63, 3.8) is 0 Å². The minimum atomic E-state index is -4.62. The van der Waals surface area contributed by atoms with Gasteiger partial charge in [-0.2, -0.15) is 13.2 Å². The fourth-order valence-corrected chi connectivity index (χ4v) is 3.73. The standard InChI is InChI=1S/C21H15Cl2F3N2O5S/c1-32-18-6-11(19(29)28-34(2,30)31)3-4-16(18)12-5-17(23)20(27-10-12)33-15-8-13(21(24,25)26)7-14(22)9-15/h3-10H,1-2H3,(H,28,29). The van der Waals surface area contributed by atoms with Crippen molar-refractivity contribution in [1.82, 2.24) is 9.71 Å². The van der Waals surface area contributed by atoms with E-state index in [0.29, 0.717) is 11.1 Å². The Morgan fingerprint density at radius 2 is 1.79 bits per heavy atom. The number of rotatable bonds is 6. The molecule has 1 heterocycles. The number of aromatic nitrogens is 1.